The highest BCUT2D eigenvalue weighted by atomic mass is 32.2. The van der Waals surface area contributed by atoms with E-state index in [0.717, 1.165) is 5.56 Å². The minimum atomic E-state index is -3.79. The summed E-state index contributed by atoms with van der Waals surface area (Å²) >= 11 is 0. The van der Waals surface area contributed by atoms with Crippen molar-refractivity contribution in [2.24, 2.45) is 0 Å². The zero-order valence-corrected chi connectivity index (χ0v) is 15.2. The van der Waals surface area contributed by atoms with Crippen LogP contribution < -0.4 is 4.72 Å². The van der Waals surface area contributed by atoms with Gasteiger partial charge in [0, 0.05) is 0 Å². The molecular weight excluding hydrogens is 346 g/mol. The molecule has 0 saturated heterocycles. The molecule has 2 atom stereocenters. The van der Waals surface area contributed by atoms with Gasteiger partial charge in [-0.15, -0.1) is 0 Å². The Balaban J connectivity index is 1.97. The van der Waals surface area contributed by atoms with Crippen molar-refractivity contribution >= 4 is 10.0 Å². The second-order valence-corrected chi connectivity index (χ2v) is 7.89. The van der Waals surface area contributed by atoms with Gasteiger partial charge in [-0.3, -0.25) is 0 Å². The Kier molecular flexibility index (Phi) is 5.52. The van der Waals surface area contributed by atoms with E-state index in [4.69, 9.17) is 0 Å². The first-order valence-corrected chi connectivity index (χ1v) is 9.83. The molecule has 3 aromatic carbocycles. The highest BCUT2D eigenvalue weighted by Gasteiger charge is 2.28. The summed E-state index contributed by atoms with van der Waals surface area (Å²) in [5.41, 5.74) is 2.32. The van der Waals surface area contributed by atoms with Gasteiger partial charge in [0.2, 0.25) is 10.0 Å². The summed E-state index contributed by atoms with van der Waals surface area (Å²) in [6, 6.07) is 24.0. The van der Waals surface area contributed by atoms with Crippen molar-refractivity contribution in [1.82, 2.24) is 4.72 Å². The average molecular weight is 367 g/mol. The van der Waals surface area contributed by atoms with Gasteiger partial charge >= 0.3 is 0 Å². The van der Waals surface area contributed by atoms with Crippen molar-refractivity contribution < 1.29 is 13.5 Å². The largest absolute Gasteiger partial charge is 0.386 e. The quantitative estimate of drug-likeness (QED) is 0.697. The number of sulfonamides is 1. The molecular formula is C21H21NO3S. The van der Waals surface area contributed by atoms with Gasteiger partial charge in [0.1, 0.15) is 0 Å². The van der Waals surface area contributed by atoms with Gasteiger partial charge in [-0.05, 0) is 30.2 Å². The lowest BCUT2D eigenvalue weighted by Gasteiger charge is -2.25. The number of nitrogens with one attached hydrogen (secondary N) is 1. The Hall–Kier alpha value is -2.47. The summed E-state index contributed by atoms with van der Waals surface area (Å²) in [7, 11) is -3.79. The second kappa shape index (κ2) is 7.83. The molecule has 0 aliphatic heterocycles. The van der Waals surface area contributed by atoms with Gasteiger partial charge in [0.25, 0.3) is 0 Å². The van der Waals surface area contributed by atoms with E-state index in [1.54, 1.807) is 48.5 Å². The second-order valence-electron chi connectivity index (χ2n) is 6.18. The summed E-state index contributed by atoms with van der Waals surface area (Å²) in [6.45, 7) is 1.90. The molecule has 0 fully saturated rings. The number of aryl methyl sites for hydroxylation is 1. The molecule has 3 aromatic rings. The maximum atomic E-state index is 12.8. The van der Waals surface area contributed by atoms with Crippen LogP contribution in [-0.4, -0.2) is 13.5 Å². The zero-order chi connectivity index (χ0) is 18.6. The lowest BCUT2D eigenvalue weighted by Crippen LogP contribution is -2.32. The highest BCUT2D eigenvalue weighted by molar-refractivity contribution is 7.89. The van der Waals surface area contributed by atoms with Crippen molar-refractivity contribution in [2.75, 3.05) is 0 Å². The molecule has 0 aliphatic carbocycles. The predicted molar refractivity (Wildman–Crippen MR) is 102 cm³/mol. The van der Waals surface area contributed by atoms with Gasteiger partial charge < -0.3 is 5.11 Å². The maximum Gasteiger partial charge on any atom is 0.241 e. The molecule has 0 heterocycles. The van der Waals surface area contributed by atoms with E-state index in [0.29, 0.717) is 11.1 Å². The van der Waals surface area contributed by atoms with Crippen molar-refractivity contribution in [2.45, 2.75) is 24.0 Å². The molecule has 3 rings (SSSR count). The van der Waals surface area contributed by atoms with Gasteiger partial charge in [-0.1, -0.05) is 78.4 Å². The van der Waals surface area contributed by atoms with Gasteiger partial charge in [0.15, 0.2) is 0 Å². The number of aliphatic hydroxyl groups excluding tert-OH is 1. The highest BCUT2D eigenvalue weighted by Crippen LogP contribution is 2.30. The topological polar surface area (TPSA) is 66.4 Å². The van der Waals surface area contributed by atoms with E-state index in [1.165, 1.54) is 0 Å². The van der Waals surface area contributed by atoms with Crippen molar-refractivity contribution in [3.8, 4) is 0 Å². The zero-order valence-electron chi connectivity index (χ0n) is 14.4. The fraction of sp³-hybridized carbons (Fsp3) is 0.143. The summed E-state index contributed by atoms with van der Waals surface area (Å²) in [6.07, 6.45) is -1.01. The molecule has 0 saturated carbocycles. The molecule has 0 bridgehead atoms. The molecule has 0 amide bonds. The number of rotatable bonds is 6. The third-order valence-corrected chi connectivity index (χ3v) is 5.69. The Labute approximate surface area is 154 Å². The van der Waals surface area contributed by atoms with Crippen LogP contribution >= 0.6 is 0 Å². The van der Waals surface area contributed by atoms with Crippen LogP contribution in [0.15, 0.2) is 89.8 Å². The van der Waals surface area contributed by atoms with E-state index < -0.39 is 22.2 Å². The molecule has 5 heteroatoms. The van der Waals surface area contributed by atoms with Crippen LogP contribution in [0, 0.1) is 6.92 Å². The first-order valence-electron chi connectivity index (χ1n) is 8.34. The number of hydrogen-bond donors (Lipinski definition) is 2. The molecule has 0 aliphatic rings. The van der Waals surface area contributed by atoms with Crippen molar-refractivity contribution in [3.05, 3.63) is 102 Å². The van der Waals surface area contributed by atoms with Crippen LogP contribution in [0.3, 0.4) is 0 Å². The number of aliphatic hydroxyl groups is 1. The summed E-state index contributed by atoms with van der Waals surface area (Å²) in [5, 5.41) is 10.9. The van der Waals surface area contributed by atoms with E-state index in [2.05, 4.69) is 4.72 Å². The summed E-state index contributed by atoms with van der Waals surface area (Å²) in [4.78, 5) is 0.171. The lowest BCUT2D eigenvalue weighted by molar-refractivity contribution is 0.139. The Morgan fingerprint density at radius 1 is 0.769 bits per heavy atom. The van der Waals surface area contributed by atoms with Crippen molar-refractivity contribution in [3.63, 3.8) is 0 Å². The Morgan fingerprint density at radius 2 is 1.27 bits per heavy atom. The predicted octanol–water partition coefficient (Wildman–Crippen LogP) is 3.75. The maximum absolute atomic E-state index is 12.8. The first-order chi connectivity index (χ1) is 12.5. The fourth-order valence-electron chi connectivity index (χ4n) is 2.77. The lowest BCUT2D eigenvalue weighted by atomic mass is 9.97. The third-order valence-electron chi connectivity index (χ3n) is 4.23. The van der Waals surface area contributed by atoms with E-state index in [9.17, 15) is 13.5 Å². The molecule has 0 radical (unpaired) electrons. The Morgan fingerprint density at radius 3 is 1.81 bits per heavy atom. The molecule has 0 spiro atoms. The van der Waals surface area contributed by atoms with E-state index in [1.807, 2.05) is 43.3 Å². The minimum absolute atomic E-state index is 0.171. The van der Waals surface area contributed by atoms with Crippen LogP contribution in [-0.2, 0) is 10.0 Å². The van der Waals surface area contributed by atoms with E-state index in [-0.39, 0.29) is 4.90 Å². The minimum Gasteiger partial charge on any atom is -0.386 e. The molecule has 2 N–H and O–H groups in total. The van der Waals surface area contributed by atoms with Crippen LogP contribution in [0.1, 0.15) is 28.8 Å². The average Bonchev–Trinajstić information content (AvgIpc) is 2.67. The molecule has 4 nitrogen and oxygen atoms in total. The fourth-order valence-corrected chi connectivity index (χ4v) is 4.00. The number of hydrogen-bond acceptors (Lipinski definition) is 3. The number of benzene rings is 3. The Bertz CT molecular complexity index is 940. The smallest absolute Gasteiger partial charge is 0.241 e. The van der Waals surface area contributed by atoms with Crippen LogP contribution in [0.4, 0.5) is 0 Å². The SMILES string of the molecule is Cc1ccc(S(=O)(=O)NC(c2ccccc2)C(O)c2ccccc2)cc1. The van der Waals surface area contributed by atoms with Crippen LogP contribution in [0.2, 0.25) is 0 Å². The molecule has 0 aromatic heterocycles. The van der Waals surface area contributed by atoms with Gasteiger partial charge in [-0.25, -0.2) is 13.1 Å². The van der Waals surface area contributed by atoms with E-state index >= 15 is 0 Å². The first kappa shape index (κ1) is 18.3. The molecule has 2 unspecified atom stereocenters. The molecule has 26 heavy (non-hydrogen) atoms. The third kappa shape index (κ3) is 4.19. The monoisotopic (exact) mass is 367 g/mol. The molecule has 134 valence electrons. The standard InChI is InChI=1S/C21H21NO3S/c1-16-12-14-19(15-13-16)26(24,25)22-20(17-8-4-2-5-9-17)21(23)18-10-6-3-7-11-18/h2-15,20-23H,1H3. The van der Waals surface area contributed by atoms with Crippen LogP contribution in [0.25, 0.3) is 0 Å². The van der Waals surface area contributed by atoms with Gasteiger partial charge in [-0.2, -0.15) is 0 Å². The van der Waals surface area contributed by atoms with Crippen LogP contribution in [0.5, 0.6) is 0 Å². The normalized spacial score (nSPS) is 13.9. The van der Waals surface area contributed by atoms with Crippen molar-refractivity contribution in [1.29, 1.82) is 0 Å². The van der Waals surface area contributed by atoms with Gasteiger partial charge in [0.05, 0.1) is 17.0 Å². The summed E-state index contributed by atoms with van der Waals surface area (Å²) in [5.74, 6) is 0. The summed E-state index contributed by atoms with van der Waals surface area (Å²) < 4.78 is 28.3.